The van der Waals surface area contributed by atoms with E-state index in [2.05, 4.69) is 6.92 Å². The second kappa shape index (κ2) is 6.60. The summed E-state index contributed by atoms with van der Waals surface area (Å²) >= 11 is 0. The first-order valence-corrected chi connectivity index (χ1v) is 6.43. The zero-order chi connectivity index (χ0) is 9.45. The van der Waals surface area contributed by atoms with Crippen LogP contribution in [-0.4, -0.2) is 34.3 Å². The molecule has 0 aliphatic heterocycles. The summed E-state index contributed by atoms with van der Waals surface area (Å²) in [4.78, 5) is 0. The molecule has 3 nitrogen and oxygen atoms in total. The molecule has 0 aliphatic carbocycles. The highest BCUT2D eigenvalue weighted by Gasteiger charge is 2.27. The van der Waals surface area contributed by atoms with E-state index in [1.165, 1.54) is 0 Å². The van der Waals surface area contributed by atoms with Crippen molar-refractivity contribution < 1.29 is 9.47 Å². The molecule has 0 spiro atoms. The minimum absolute atomic E-state index is 0.293. The Hall–Kier alpha value is 0.0969. The molecule has 0 saturated heterocycles. The highest BCUT2D eigenvalue weighted by Crippen LogP contribution is 2.15. The lowest BCUT2D eigenvalue weighted by atomic mass is 10.4. The van der Waals surface area contributed by atoms with Crippen molar-refractivity contribution in [2.75, 3.05) is 19.4 Å². The molecule has 0 amide bonds. The molecule has 2 N–H and O–H groups in total. The van der Waals surface area contributed by atoms with Crippen LogP contribution in [0.2, 0.25) is 0 Å². The monoisotopic (exact) mass is 191 g/mol. The summed E-state index contributed by atoms with van der Waals surface area (Å²) < 4.78 is 11.2. The SMILES string of the molecule is CCOC(CC)(OCC)[SiH2]CN. The molecule has 0 heterocycles. The van der Waals surface area contributed by atoms with Crippen LogP contribution in [0, 0.1) is 0 Å². The minimum Gasteiger partial charge on any atom is -0.355 e. The highest BCUT2D eigenvalue weighted by atomic mass is 28.2. The van der Waals surface area contributed by atoms with Crippen molar-refractivity contribution in [1.82, 2.24) is 0 Å². The topological polar surface area (TPSA) is 44.5 Å². The van der Waals surface area contributed by atoms with E-state index < -0.39 is 9.52 Å². The maximum atomic E-state index is 5.62. The molecule has 0 fully saturated rings. The molecule has 74 valence electrons. The van der Waals surface area contributed by atoms with E-state index in [4.69, 9.17) is 15.2 Å². The highest BCUT2D eigenvalue weighted by molar-refractivity contribution is 6.39. The third kappa shape index (κ3) is 3.67. The summed E-state index contributed by atoms with van der Waals surface area (Å²) in [7, 11) is -0.460. The van der Waals surface area contributed by atoms with E-state index >= 15 is 0 Å². The number of ether oxygens (including phenoxy) is 2. The quantitative estimate of drug-likeness (QED) is 0.462. The van der Waals surface area contributed by atoms with Gasteiger partial charge in [0.15, 0.2) is 0 Å². The summed E-state index contributed by atoms with van der Waals surface area (Å²) in [6.45, 7) is 7.50. The van der Waals surface area contributed by atoms with Gasteiger partial charge in [0.25, 0.3) is 0 Å². The van der Waals surface area contributed by atoms with Crippen molar-refractivity contribution in [3.05, 3.63) is 0 Å². The summed E-state index contributed by atoms with van der Waals surface area (Å²) in [5.41, 5.74) is 5.26. The standard InChI is InChI=1S/C8H21NO2Si/c1-4-8(10-5-2,11-6-3)12-7-9/h4-7,9,12H2,1-3H3. The third-order valence-corrected chi connectivity index (χ3v) is 3.84. The van der Waals surface area contributed by atoms with Gasteiger partial charge in [0.2, 0.25) is 0 Å². The van der Waals surface area contributed by atoms with Crippen LogP contribution in [0.1, 0.15) is 27.2 Å². The van der Waals surface area contributed by atoms with Gasteiger partial charge in [0.05, 0.1) is 0 Å². The second-order valence-corrected chi connectivity index (χ2v) is 4.82. The van der Waals surface area contributed by atoms with Crippen LogP contribution in [0.3, 0.4) is 0 Å². The van der Waals surface area contributed by atoms with Gasteiger partial charge in [0, 0.05) is 13.2 Å². The Morgan fingerprint density at radius 1 is 1.17 bits per heavy atom. The summed E-state index contributed by atoms with van der Waals surface area (Å²) in [6, 6.07) is 0. The molecule has 0 bridgehead atoms. The first-order chi connectivity index (χ1) is 5.74. The Kier molecular flexibility index (Phi) is 6.65. The molecular weight excluding hydrogens is 170 g/mol. The minimum atomic E-state index is -0.460. The molecule has 0 radical (unpaired) electrons. The van der Waals surface area contributed by atoms with Gasteiger partial charge in [-0.2, -0.15) is 0 Å². The van der Waals surface area contributed by atoms with Crippen LogP contribution in [0.4, 0.5) is 0 Å². The largest absolute Gasteiger partial charge is 0.355 e. The Morgan fingerprint density at radius 3 is 1.92 bits per heavy atom. The van der Waals surface area contributed by atoms with Crippen LogP contribution >= 0.6 is 0 Å². The van der Waals surface area contributed by atoms with Gasteiger partial charge in [-0.05, 0) is 26.4 Å². The fourth-order valence-electron chi connectivity index (χ4n) is 1.31. The van der Waals surface area contributed by atoms with Crippen molar-refractivity contribution in [3.63, 3.8) is 0 Å². The van der Waals surface area contributed by atoms with Gasteiger partial charge in [-0.3, -0.25) is 0 Å². The van der Waals surface area contributed by atoms with E-state index in [-0.39, 0.29) is 5.41 Å². The lowest BCUT2D eigenvalue weighted by Crippen LogP contribution is -2.45. The zero-order valence-electron chi connectivity index (χ0n) is 8.43. The van der Waals surface area contributed by atoms with Gasteiger partial charge >= 0.3 is 0 Å². The van der Waals surface area contributed by atoms with Gasteiger partial charge in [-0.25, -0.2) is 0 Å². The molecule has 0 aromatic rings. The van der Waals surface area contributed by atoms with E-state index in [9.17, 15) is 0 Å². The van der Waals surface area contributed by atoms with Gasteiger partial charge in [0.1, 0.15) is 14.9 Å². The first kappa shape index (κ1) is 12.1. The zero-order valence-corrected chi connectivity index (χ0v) is 9.84. The van der Waals surface area contributed by atoms with E-state index in [0.29, 0.717) is 13.2 Å². The molecule has 0 unspecified atom stereocenters. The smallest absolute Gasteiger partial charge is 0.146 e. The van der Waals surface area contributed by atoms with Crippen molar-refractivity contribution in [2.24, 2.45) is 5.73 Å². The summed E-state index contributed by atoms with van der Waals surface area (Å²) in [5, 5.41) is 0. The Balaban J connectivity index is 4.06. The molecule has 0 aliphatic rings. The van der Waals surface area contributed by atoms with Crippen molar-refractivity contribution in [3.8, 4) is 0 Å². The third-order valence-electron chi connectivity index (χ3n) is 1.88. The van der Waals surface area contributed by atoms with E-state index in [1.807, 2.05) is 13.8 Å². The normalized spacial score (nSPS) is 13.0. The van der Waals surface area contributed by atoms with Gasteiger partial charge < -0.3 is 15.2 Å². The molecule has 0 atom stereocenters. The lowest BCUT2D eigenvalue weighted by molar-refractivity contribution is -0.176. The van der Waals surface area contributed by atoms with Gasteiger partial charge in [-0.1, -0.05) is 6.92 Å². The molecular formula is C8H21NO2Si. The number of nitrogens with two attached hydrogens (primary N) is 1. The van der Waals surface area contributed by atoms with Crippen molar-refractivity contribution in [2.45, 2.75) is 32.6 Å². The molecule has 0 aromatic heterocycles. The number of rotatable bonds is 7. The second-order valence-electron chi connectivity index (χ2n) is 2.67. The van der Waals surface area contributed by atoms with Crippen LogP contribution in [-0.2, 0) is 9.47 Å². The fraction of sp³-hybridized carbons (Fsp3) is 1.00. The summed E-state index contributed by atoms with van der Waals surface area (Å²) in [6.07, 6.45) is 1.66. The van der Waals surface area contributed by atoms with Crippen LogP contribution < -0.4 is 5.73 Å². The molecule has 0 saturated carbocycles. The number of hydrogen-bond acceptors (Lipinski definition) is 3. The Morgan fingerprint density at radius 2 is 1.67 bits per heavy atom. The van der Waals surface area contributed by atoms with Gasteiger partial charge in [-0.15, -0.1) is 0 Å². The average Bonchev–Trinajstić information content (AvgIpc) is 2.06. The van der Waals surface area contributed by atoms with Crippen LogP contribution in [0.5, 0.6) is 0 Å². The van der Waals surface area contributed by atoms with Crippen LogP contribution in [0.15, 0.2) is 0 Å². The predicted octanol–water partition coefficient (Wildman–Crippen LogP) is 0.208. The van der Waals surface area contributed by atoms with Crippen molar-refractivity contribution >= 4 is 9.52 Å². The van der Waals surface area contributed by atoms with E-state index in [1.54, 1.807) is 0 Å². The molecule has 0 aromatic carbocycles. The molecule has 12 heavy (non-hydrogen) atoms. The molecule has 4 heteroatoms. The maximum absolute atomic E-state index is 5.62. The first-order valence-electron chi connectivity index (χ1n) is 4.72. The number of hydrogen-bond donors (Lipinski definition) is 1. The maximum Gasteiger partial charge on any atom is 0.146 e. The predicted molar refractivity (Wildman–Crippen MR) is 53.9 cm³/mol. The summed E-state index contributed by atoms with van der Waals surface area (Å²) in [5.74, 6) is 0. The van der Waals surface area contributed by atoms with Crippen molar-refractivity contribution in [1.29, 1.82) is 0 Å². The Bertz CT molecular complexity index is 94.2. The average molecular weight is 191 g/mol. The van der Waals surface area contributed by atoms with E-state index in [0.717, 1.165) is 12.6 Å². The molecule has 0 rings (SSSR count). The lowest BCUT2D eigenvalue weighted by Gasteiger charge is -2.31. The Labute approximate surface area is 77.4 Å². The van der Waals surface area contributed by atoms with Crippen LogP contribution in [0.25, 0.3) is 0 Å². The fourth-order valence-corrected chi connectivity index (χ4v) is 2.80.